The molecule has 1 aromatic heterocycles. The van der Waals surface area contributed by atoms with Crippen LogP contribution < -0.4 is 5.32 Å². The van der Waals surface area contributed by atoms with Gasteiger partial charge in [0.2, 0.25) is 0 Å². The van der Waals surface area contributed by atoms with Gasteiger partial charge in [-0.3, -0.25) is 4.68 Å². The highest BCUT2D eigenvalue weighted by Crippen LogP contribution is 2.18. The van der Waals surface area contributed by atoms with Crippen molar-refractivity contribution >= 4 is 0 Å². The van der Waals surface area contributed by atoms with E-state index in [0.29, 0.717) is 6.42 Å². The van der Waals surface area contributed by atoms with Crippen molar-refractivity contribution in [1.29, 1.82) is 0 Å². The van der Waals surface area contributed by atoms with Crippen molar-refractivity contribution in [2.45, 2.75) is 45.5 Å². The first-order valence-corrected chi connectivity index (χ1v) is 7.26. The van der Waals surface area contributed by atoms with Crippen molar-refractivity contribution in [3.05, 3.63) is 53.6 Å². The lowest BCUT2D eigenvalue weighted by Crippen LogP contribution is -2.27. The lowest BCUT2D eigenvalue weighted by atomic mass is 10.0. The molecule has 2 atom stereocenters. The maximum absolute atomic E-state index is 12.9. The van der Waals surface area contributed by atoms with Gasteiger partial charge in [0.25, 0.3) is 0 Å². The van der Waals surface area contributed by atoms with Gasteiger partial charge in [-0.15, -0.1) is 0 Å². The highest BCUT2D eigenvalue weighted by atomic mass is 19.1. The normalized spacial score (nSPS) is 14.1. The molecule has 5 heteroatoms. The molecule has 2 N–H and O–H groups in total. The minimum Gasteiger partial charge on any atom is -0.388 e. The van der Waals surface area contributed by atoms with E-state index in [-0.39, 0.29) is 11.9 Å². The zero-order valence-electron chi connectivity index (χ0n) is 12.5. The first kappa shape index (κ1) is 15.7. The number of nitrogens with zero attached hydrogens (tertiary/aromatic N) is 2. The van der Waals surface area contributed by atoms with E-state index >= 15 is 0 Å². The van der Waals surface area contributed by atoms with Crippen LogP contribution in [0.25, 0.3) is 0 Å². The number of aliphatic hydroxyl groups excluding tert-OH is 1. The van der Waals surface area contributed by atoms with Gasteiger partial charge < -0.3 is 10.4 Å². The van der Waals surface area contributed by atoms with Crippen molar-refractivity contribution in [1.82, 2.24) is 15.1 Å². The molecule has 0 fully saturated rings. The first-order chi connectivity index (χ1) is 10.1. The fraction of sp³-hybridized carbons (Fsp3) is 0.438. The van der Waals surface area contributed by atoms with Gasteiger partial charge in [-0.25, -0.2) is 4.39 Å². The maximum Gasteiger partial charge on any atom is 0.123 e. The number of hydrogen-bond acceptors (Lipinski definition) is 3. The third-order valence-corrected chi connectivity index (χ3v) is 3.50. The van der Waals surface area contributed by atoms with Crippen LogP contribution in [0.1, 0.15) is 37.5 Å². The highest BCUT2D eigenvalue weighted by molar-refractivity contribution is 5.18. The summed E-state index contributed by atoms with van der Waals surface area (Å²) in [5, 5.41) is 17.7. The topological polar surface area (TPSA) is 50.1 Å². The summed E-state index contributed by atoms with van der Waals surface area (Å²) >= 11 is 0. The standard InChI is InChI=1S/C16H22FN3O/c1-3-20-11-13(10-19-20)9-18-12(2)8-16(21)14-4-6-15(17)7-5-14/h4-7,10-12,16,18,21H,3,8-9H2,1-2H3. The van der Waals surface area contributed by atoms with E-state index in [2.05, 4.69) is 10.4 Å². The van der Waals surface area contributed by atoms with E-state index in [1.54, 1.807) is 12.1 Å². The molecule has 0 saturated heterocycles. The largest absolute Gasteiger partial charge is 0.388 e. The van der Waals surface area contributed by atoms with Crippen LogP contribution in [0, 0.1) is 5.82 Å². The fourth-order valence-electron chi connectivity index (χ4n) is 2.20. The van der Waals surface area contributed by atoms with Gasteiger partial charge in [0.15, 0.2) is 0 Å². The van der Waals surface area contributed by atoms with Crippen molar-refractivity contribution in [2.75, 3.05) is 0 Å². The van der Waals surface area contributed by atoms with E-state index in [9.17, 15) is 9.50 Å². The zero-order chi connectivity index (χ0) is 15.2. The molecule has 0 spiro atoms. The van der Waals surface area contributed by atoms with Crippen LogP contribution in [-0.2, 0) is 13.1 Å². The van der Waals surface area contributed by atoms with E-state index in [1.165, 1.54) is 12.1 Å². The molecule has 1 aromatic carbocycles. The van der Waals surface area contributed by atoms with Gasteiger partial charge in [0, 0.05) is 30.9 Å². The molecular weight excluding hydrogens is 269 g/mol. The third kappa shape index (κ3) is 4.65. The van der Waals surface area contributed by atoms with E-state index in [0.717, 1.165) is 24.2 Å². The molecule has 4 nitrogen and oxygen atoms in total. The van der Waals surface area contributed by atoms with Gasteiger partial charge in [0.1, 0.15) is 5.82 Å². The second kappa shape index (κ2) is 7.33. The molecule has 2 unspecified atom stereocenters. The quantitative estimate of drug-likeness (QED) is 0.824. The Hall–Kier alpha value is -1.72. The minimum absolute atomic E-state index is 0.148. The number of aryl methyl sites for hydroxylation is 1. The summed E-state index contributed by atoms with van der Waals surface area (Å²) in [5.74, 6) is -0.287. The Morgan fingerprint density at radius 2 is 2.05 bits per heavy atom. The number of aromatic nitrogens is 2. The minimum atomic E-state index is -0.591. The monoisotopic (exact) mass is 291 g/mol. The van der Waals surface area contributed by atoms with Gasteiger partial charge in [-0.2, -0.15) is 5.10 Å². The van der Waals surface area contributed by atoms with Crippen LogP contribution in [0.3, 0.4) is 0 Å². The van der Waals surface area contributed by atoms with Crippen LogP contribution in [0.15, 0.2) is 36.7 Å². The summed E-state index contributed by atoms with van der Waals surface area (Å²) < 4.78 is 14.7. The summed E-state index contributed by atoms with van der Waals surface area (Å²) in [6.07, 6.45) is 3.84. The molecule has 0 aliphatic rings. The highest BCUT2D eigenvalue weighted by Gasteiger charge is 2.12. The molecule has 0 bridgehead atoms. The first-order valence-electron chi connectivity index (χ1n) is 7.26. The number of halogens is 1. The molecule has 2 aromatic rings. The summed E-state index contributed by atoms with van der Waals surface area (Å²) in [5.41, 5.74) is 1.86. The molecule has 21 heavy (non-hydrogen) atoms. The Balaban J connectivity index is 1.80. The molecule has 114 valence electrons. The van der Waals surface area contributed by atoms with Gasteiger partial charge >= 0.3 is 0 Å². The molecule has 0 aliphatic carbocycles. The third-order valence-electron chi connectivity index (χ3n) is 3.50. The van der Waals surface area contributed by atoms with Crippen LogP contribution >= 0.6 is 0 Å². The average molecular weight is 291 g/mol. The Morgan fingerprint density at radius 3 is 2.67 bits per heavy atom. The molecule has 0 amide bonds. The molecule has 0 aliphatic heterocycles. The number of nitrogens with one attached hydrogen (secondary N) is 1. The number of aliphatic hydroxyl groups is 1. The van der Waals surface area contributed by atoms with Gasteiger partial charge in [-0.05, 0) is 38.0 Å². The number of hydrogen-bond donors (Lipinski definition) is 2. The maximum atomic E-state index is 12.9. The van der Waals surface area contributed by atoms with Crippen LogP contribution in [0.5, 0.6) is 0 Å². The Labute approximate surface area is 124 Å². The van der Waals surface area contributed by atoms with Crippen molar-refractivity contribution in [3.8, 4) is 0 Å². The van der Waals surface area contributed by atoms with E-state index in [1.807, 2.05) is 30.9 Å². The predicted octanol–water partition coefficient (Wildman–Crippen LogP) is 2.64. The second-order valence-electron chi connectivity index (χ2n) is 5.29. The smallest absolute Gasteiger partial charge is 0.123 e. The zero-order valence-corrected chi connectivity index (χ0v) is 12.5. The van der Waals surface area contributed by atoms with E-state index in [4.69, 9.17) is 0 Å². The predicted molar refractivity (Wildman–Crippen MR) is 80.2 cm³/mol. The van der Waals surface area contributed by atoms with Crippen molar-refractivity contribution in [3.63, 3.8) is 0 Å². The lowest BCUT2D eigenvalue weighted by Gasteiger charge is -2.18. The molecule has 0 saturated carbocycles. The molecule has 2 rings (SSSR count). The molecule has 0 radical (unpaired) electrons. The van der Waals surface area contributed by atoms with Gasteiger partial charge in [-0.1, -0.05) is 12.1 Å². The van der Waals surface area contributed by atoms with Crippen LogP contribution in [-0.4, -0.2) is 20.9 Å². The SMILES string of the molecule is CCn1cc(CNC(C)CC(O)c2ccc(F)cc2)cn1. The average Bonchev–Trinajstić information content (AvgIpc) is 2.94. The summed E-state index contributed by atoms with van der Waals surface area (Å²) in [6.45, 7) is 5.65. The second-order valence-corrected chi connectivity index (χ2v) is 5.29. The van der Waals surface area contributed by atoms with Crippen LogP contribution in [0.4, 0.5) is 4.39 Å². The molecule has 1 heterocycles. The summed E-state index contributed by atoms with van der Waals surface area (Å²) in [6, 6.07) is 6.14. The summed E-state index contributed by atoms with van der Waals surface area (Å²) in [7, 11) is 0. The van der Waals surface area contributed by atoms with E-state index < -0.39 is 6.10 Å². The Kier molecular flexibility index (Phi) is 5.47. The Bertz CT molecular complexity index is 553. The Morgan fingerprint density at radius 1 is 1.33 bits per heavy atom. The molecular formula is C16H22FN3O. The van der Waals surface area contributed by atoms with Crippen molar-refractivity contribution in [2.24, 2.45) is 0 Å². The fourth-order valence-corrected chi connectivity index (χ4v) is 2.20. The van der Waals surface area contributed by atoms with Crippen molar-refractivity contribution < 1.29 is 9.50 Å². The van der Waals surface area contributed by atoms with Crippen LogP contribution in [0.2, 0.25) is 0 Å². The lowest BCUT2D eigenvalue weighted by molar-refractivity contribution is 0.153. The number of rotatable bonds is 7. The van der Waals surface area contributed by atoms with Gasteiger partial charge in [0.05, 0.1) is 12.3 Å². The number of benzene rings is 1. The summed E-state index contributed by atoms with van der Waals surface area (Å²) in [4.78, 5) is 0.